The molecule has 2 rings (SSSR count). The molecule has 0 bridgehead atoms. The van der Waals surface area contributed by atoms with Crippen LogP contribution in [0, 0.1) is 0 Å². The number of aliphatic carboxylic acids is 1. The monoisotopic (exact) mass is 302 g/mol. The van der Waals surface area contributed by atoms with Crippen molar-refractivity contribution in [1.82, 2.24) is 10.3 Å². The first-order valence-electron chi connectivity index (χ1n) is 6.21. The summed E-state index contributed by atoms with van der Waals surface area (Å²) in [6, 6.07) is 10.8. The van der Waals surface area contributed by atoms with E-state index in [4.69, 9.17) is 0 Å². The zero-order valence-corrected chi connectivity index (χ0v) is 12.1. The topological polar surface area (TPSA) is 79.3 Å². The van der Waals surface area contributed by atoms with Gasteiger partial charge < -0.3 is 10.4 Å². The van der Waals surface area contributed by atoms with Crippen molar-refractivity contribution in [3.8, 4) is 0 Å². The van der Waals surface area contributed by atoms with Crippen LogP contribution in [0.15, 0.2) is 53.7 Å². The number of hydrogen-bond donors (Lipinski definition) is 2. The summed E-state index contributed by atoms with van der Waals surface area (Å²) < 4.78 is 0. The molecule has 1 aromatic heterocycles. The van der Waals surface area contributed by atoms with Gasteiger partial charge in [0.25, 0.3) is 5.91 Å². The molecule has 6 heteroatoms. The number of amides is 1. The van der Waals surface area contributed by atoms with Crippen LogP contribution in [0.5, 0.6) is 0 Å². The van der Waals surface area contributed by atoms with Gasteiger partial charge in [0.05, 0.1) is 5.56 Å². The Hall–Kier alpha value is -2.34. The van der Waals surface area contributed by atoms with E-state index in [9.17, 15) is 14.7 Å². The van der Waals surface area contributed by atoms with E-state index in [1.54, 1.807) is 48.7 Å². The largest absolute Gasteiger partial charge is 0.479 e. The molecule has 0 fully saturated rings. The van der Waals surface area contributed by atoms with Crippen LogP contribution in [-0.4, -0.2) is 28.2 Å². The van der Waals surface area contributed by atoms with Crippen LogP contribution < -0.4 is 5.32 Å². The number of nitrogens with zero attached hydrogens (tertiary/aromatic N) is 1. The highest BCUT2D eigenvalue weighted by Crippen LogP contribution is 2.19. The minimum Gasteiger partial charge on any atom is -0.479 e. The molecule has 21 heavy (non-hydrogen) atoms. The lowest BCUT2D eigenvalue weighted by Gasteiger charge is -2.15. The molecule has 0 aliphatic heterocycles. The van der Waals surface area contributed by atoms with Crippen LogP contribution >= 0.6 is 11.8 Å². The Balaban J connectivity index is 2.25. The number of rotatable bonds is 5. The van der Waals surface area contributed by atoms with Gasteiger partial charge in [-0.05, 0) is 24.0 Å². The molecule has 0 radical (unpaired) electrons. The van der Waals surface area contributed by atoms with E-state index < -0.39 is 17.9 Å². The van der Waals surface area contributed by atoms with Gasteiger partial charge >= 0.3 is 5.97 Å². The Labute approximate surface area is 126 Å². The van der Waals surface area contributed by atoms with Crippen LogP contribution in [0.25, 0.3) is 0 Å². The van der Waals surface area contributed by atoms with Gasteiger partial charge in [0, 0.05) is 6.20 Å². The van der Waals surface area contributed by atoms with Crippen molar-refractivity contribution in [2.75, 3.05) is 6.26 Å². The third-order valence-corrected chi connectivity index (χ3v) is 3.58. The van der Waals surface area contributed by atoms with Crippen molar-refractivity contribution >= 4 is 23.6 Å². The Bertz CT molecular complexity index is 646. The summed E-state index contributed by atoms with van der Waals surface area (Å²) in [7, 11) is 0. The zero-order valence-electron chi connectivity index (χ0n) is 11.3. The van der Waals surface area contributed by atoms with Crippen LogP contribution in [-0.2, 0) is 4.79 Å². The van der Waals surface area contributed by atoms with Gasteiger partial charge in [-0.25, -0.2) is 9.78 Å². The molecule has 1 aromatic carbocycles. The molecule has 1 heterocycles. The first-order valence-corrected chi connectivity index (χ1v) is 7.43. The van der Waals surface area contributed by atoms with Crippen LogP contribution in [0.4, 0.5) is 0 Å². The number of benzene rings is 1. The fourth-order valence-corrected chi connectivity index (χ4v) is 2.42. The molecule has 2 N–H and O–H groups in total. The van der Waals surface area contributed by atoms with Gasteiger partial charge in [0.1, 0.15) is 5.03 Å². The summed E-state index contributed by atoms with van der Waals surface area (Å²) in [5.74, 6) is -1.56. The van der Waals surface area contributed by atoms with Gasteiger partial charge in [-0.3, -0.25) is 4.79 Å². The number of thioether (sulfide) groups is 1. The van der Waals surface area contributed by atoms with Crippen molar-refractivity contribution in [2.45, 2.75) is 11.1 Å². The third kappa shape index (κ3) is 3.61. The summed E-state index contributed by atoms with van der Waals surface area (Å²) >= 11 is 1.34. The second kappa shape index (κ2) is 6.90. The lowest BCUT2D eigenvalue weighted by Crippen LogP contribution is -2.34. The predicted octanol–water partition coefficient (Wildman–Crippen LogP) is 2.36. The SMILES string of the molecule is CSc1ncccc1C(=O)N[C@@H](C(=O)O)c1ccccc1. The number of carbonyl (C=O) groups excluding carboxylic acids is 1. The molecule has 0 saturated heterocycles. The van der Waals surface area contributed by atoms with Gasteiger partial charge in [-0.15, -0.1) is 11.8 Å². The standard InChI is InChI=1S/C15H14N2O3S/c1-21-14-11(8-5-9-16-14)13(18)17-12(15(19)20)10-6-3-2-4-7-10/h2-9,12H,1H3,(H,17,18)(H,19,20)/t12-/m1/s1. The van der Waals surface area contributed by atoms with Crippen molar-refractivity contribution in [2.24, 2.45) is 0 Å². The highest BCUT2D eigenvalue weighted by atomic mass is 32.2. The zero-order chi connectivity index (χ0) is 15.2. The minimum absolute atomic E-state index is 0.368. The maximum atomic E-state index is 12.3. The lowest BCUT2D eigenvalue weighted by atomic mass is 10.1. The molecule has 2 aromatic rings. The van der Waals surface area contributed by atoms with E-state index in [0.29, 0.717) is 16.2 Å². The lowest BCUT2D eigenvalue weighted by molar-refractivity contribution is -0.139. The van der Waals surface area contributed by atoms with E-state index in [1.165, 1.54) is 11.8 Å². The number of carboxylic acid groups (broad SMARTS) is 1. The first kappa shape index (κ1) is 15.1. The molecule has 108 valence electrons. The number of carboxylic acids is 1. The summed E-state index contributed by atoms with van der Waals surface area (Å²) in [6.45, 7) is 0. The molecule has 0 unspecified atom stereocenters. The Kier molecular flexibility index (Phi) is 4.94. The number of carbonyl (C=O) groups is 2. The summed E-state index contributed by atoms with van der Waals surface area (Å²) in [5.41, 5.74) is 0.889. The Morgan fingerprint density at radius 2 is 1.90 bits per heavy atom. The maximum absolute atomic E-state index is 12.3. The predicted molar refractivity (Wildman–Crippen MR) is 80.3 cm³/mol. The number of hydrogen-bond acceptors (Lipinski definition) is 4. The van der Waals surface area contributed by atoms with E-state index in [2.05, 4.69) is 10.3 Å². The first-order chi connectivity index (χ1) is 10.1. The number of nitrogens with one attached hydrogen (secondary N) is 1. The van der Waals surface area contributed by atoms with Gasteiger partial charge in [0.2, 0.25) is 0 Å². The molecule has 5 nitrogen and oxygen atoms in total. The van der Waals surface area contributed by atoms with Crippen molar-refractivity contribution in [1.29, 1.82) is 0 Å². The number of aromatic nitrogens is 1. The highest BCUT2D eigenvalue weighted by Gasteiger charge is 2.23. The second-order valence-corrected chi connectivity index (χ2v) is 5.01. The van der Waals surface area contributed by atoms with Gasteiger partial charge in [-0.1, -0.05) is 30.3 Å². The van der Waals surface area contributed by atoms with Crippen LogP contribution in [0.3, 0.4) is 0 Å². The number of pyridine rings is 1. The van der Waals surface area contributed by atoms with E-state index in [0.717, 1.165) is 0 Å². The smallest absolute Gasteiger partial charge is 0.330 e. The summed E-state index contributed by atoms with van der Waals surface area (Å²) in [6.07, 6.45) is 3.40. The van der Waals surface area contributed by atoms with Crippen molar-refractivity contribution < 1.29 is 14.7 Å². The fraction of sp³-hybridized carbons (Fsp3) is 0.133. The molecule has 0 spiro atoms. The summed E-state index contributed by atoms with van der Waals surface area (Å²) in [5, 5.41) is 12.4. The summed E-state index contributed by atoms with van der Waals surface area (Å²) in [4.78, 5) is 27.8. The van der Waals surface area contributed by atoms with Crippen molar-refractivity contribution in [3.63, 3.8) is 0 Å². The van der Waals surface area contributed by atoms with E-state index >= 15 is 0 Å². The van der Waals surface area contributed by atoms with E-state index in [1.807, 2.05) is 6.26 Å². The average molecular weight is 302 g/mol. The maximum Gasteiger partial charge on any atom is 0.330 e. The molecule has 1 atom stereocenters. The third-order valence-electron chi connectivity index (χ3n) is 2.86. The quantitative estimate of drug-likeness (QED) is 0.829. The van der Waals surface area contributed by atoms with Crippen LogP contribution in [0.2, 0.25) is 0 Å². The molecule has 0 aliphatic rings. The second-order valence-electron chi connectivity index (χ2n) is 4.22. The van der Waals surface area contributed by atoms with Crippen molar-refractivity contribution in [3.05, 3.63) is 59.8 Å². The molecular weight excluding hydrogens is 288 g/mol. The molecule has 0 aliphatic carbocycles. The van der Waals surface area contributed by atoms with E-state index in [-0.39, 0.29) is 0 Å². The van der Waals surface area contributed by atoms with Gasteiger partial charge in [-0.2, -0.15) is 0 Å². The highest BCUT2D eigenvalue weighted by molar-refractivity contribution is 7.98. The fourth-order valence-electron chi connectivity index (χ4n) is 1.87. The Morgan fingerprint density at radius 3 is 2.52 bits per heavy atom. The van der Waals surface area contributed by atoms with Crippen LogP contribution in [0.1, 0.15) is 22.0 Å². The molecule has 0 saturated carbocycles. The van der Waals surface area contributed by atoms with Gasteiger partial charge in [0.15, 0.2) is 6.04 Å². The Morgan fingerprint density at radius 1 is 1.19 bits per heavy atom. The minimum atomic E-state index is -1.11. The molecular formula is C15H14N2O3S. The normalized spacial score (nSPS) is 11.7. The average Bonchev–Trinajstić information content (AvgIpc) is 2.52. The molecule has 1 amide bonds.